The Bertz CT molecular complexity index is 389. The lowest BCUT2D eigenvalue weighted by molar-refractivity contribution is -0.140. The number of thioether (sulfide) groups is 1. The van der Waals surface area contributed by atoms with Gasteiger partial charge >= 0.3 is 5.97 Å². The molecule has 0 spiro atoms. The molecule has 0 bridgehead atoms. The number of fused-ring (bicyclic) bond motifs is 1. The Morgan fingerprint density at radius 1 is 1.60 bits per heavy atom. The van der Waals surface area contributed by atoms with Crippen LogP contribution in [-0.4, -0.2) is 23.9 Å². The minimum atomic E-state index is -0.712. The molecule has 1 atom stereocenters. The van der Waals surface area contributed by atoms with Crippen LogP contribution >= 0.6 is 11.8 Å². The van der Waals surface area contributed by atoms with Crippen molar-refractivity contribution in [1.29, 1.82) is 0 Å². The zero-order chi connectivity index (χ0) is 10.8. The van der Waals surface area contributed by atoms with Crippen LogP contribution in [0.25, 0.3) is 0 Å². The molecule has 15 heavy (non-hydrogen) atoms. The van der Waals surface area contributed by atoms with Gasteiger partial charge in [-0.3, -0.25) is 4.79 Å². The van der Waals surface area contributed by atoms with Crippen molar-refractivity contribution >= 4 is 17.7 Å². The largest absolute Gasteiger partial charge is 0.496 e. The number of carboxylic acids is 1. The molecule has 2 rings (SSSR count). The summed E-state index contributed by atoms with van der Waals surface area (Å²) in [4.78, 5) is 12.0. The number of benzene rings is 1. The van der Waals surface area contributed by atoms with Crippen LogP contribution in [0.5, 0.6) is 5.75 Å². The number of hydrogen-bond donors (Lipinski definition) is 1. The van der Waals surface area contributed by atoms with Gasteiger partial charge in [-0.2, -0.15) is 0 Å². The van der Waals surface area contributed by atoms with E-state index in [4.69, 9.17) is 9.84 Å². The summed E-state index contributed by atoms with van der Waals surface area (Å²) in [6, 6.07) is 5.79. The second-order valence-electron chi connectivity index (χ2n) is 3.50. The third-order valence-corrected chi connectivity index (χ3v) is 3.85. The predicted octanol–water partition coefficient (Wildman–Crippen LogP) is 2.04. The van der Waals surface area contributed by atoms with Crippen LogP contribution in [0.2, 0.25) is 0 Å². The summed E-state index contributed by atoms with van der Waals surface area (Å²) in [5.41, 5.74) is 1.08. The fourth-order valence-corrected chi connectivity index (χ4v) is 2.97. The number of hydrogen-bond acceptors (Lipinski definition) is 3. The van der Waals surface area contributed by atoms with Crippen molar-refractivity contribution in [3.05, 3.63) is 23.8 Å². The molecule has 1 aliphatic heterocycles. The van der Waals surface area contributed by atoms with Gasteiger partial charge in [0.1, 0.15) is 5.75 Å². The Kier molecular flexibility index (Phi) is 2.86. The molecule has 0 amide bonds. The molecule has 1 heterocycles. The second kappa shape index (κ2) is 4.14. The van der Waals surface area contributed by atoms with Gasteiger partial charge in [-0.1, -0.05) is 12.1 Å². The summed E-state index contributed by atoms with van der Waals surface area (Å²) in [6.45, 7) is 0. The van der Waals surface area contributed by atoms with Crippen LogP contribution in [0, 0.1) is 5.92 Å². The van der Waals surface area contributed by atoms with Gasteiger partial charge in [-0.25, -0.2) is 0 Å². The summed E-state index contributed by atoms with van der Waals surface area (Å²) in [6.07, 6.45) is 0.606. The molecular formula is C11H12O3S. The highest BCUT2D eigenvalue weighted by Crippen LogP contribution is 2.39. The number of carboxylic acid groups (broad SMARTS) is 1. The average Bonchev–Trinajstić information content (AvgIpc) is 2.27. The zero-order valence-corrected chi connectivity index (χ0v) is 9.21. The standard InChI is InChI=1S/C11H12O3S/c1-14-9-4-2-3-7-5-8(11(12)13)6-15-10(7)9/h2-4,8H,5-6H2,1H3,(H,12,13)/t8-/m1/s1. The number of aliphatic carboxylic acids is 1. The molecule has 1 aliphatic rings. The normalized spacial score (nSPS) is 19.4. The maximum atomic E-state index is 10.9. The van der Waals surface area contributed by atoms with Gasteiger partial charge in [0, 0.05) is 5.75 Å². The van der Waals surface area contributed by atoms with Crippen molar-refractivity contribution in [3.63, 3.8) is 0 Å². The third kappa shape index (κ3) is 1.95. The highest BCUT2D eigenvalue weighted by atomic mass is 32.2. The lowest BCUT2D eigenvalue weighted by Gasteiger charge is -2.22. The van der Waals surface area contributed by atoms with E-state index in [9.17, 15) is 4.79 Å². The molecule has 1 N–H and O–H groups in total. The Morgan fingerprint density at radius 2 is 2.40 bits per heavy atom. The second-order valence-corrected chi connectivity index (χ2v) is 4.53. The molecule has 0 aliphatic carbocycles. The van der Waals surface area contributed by atoms with Crippen LogP contribution in [0.1, 0.15) is 5.56 Å². The smallest absolute Gasteiger partial charge is 0.307 e. The first-order valence-corrected chi connectivity index (χ1v) is 5.72. The van der Waals surface area contributed by atoms with Gasteiger partial charge in [-0.15, -0.1) is 11.8 Å². The monoisotopic (exact) mass is 224 g/mol. The summed E-state index contributed by atoms with van der Waals surface area (Å²) in [7, 11) is 1.64. The van der Waals surface area contributed by atoms with Crippen LogP contribution in [0.15, 0.2) is 23.1 Å². The van der Waals surface area contributed by atoms with Crippen LogP contribution in [0.4, 0.5) is 0 Å². The fraction of sp³-hybridized carbons (Fsp3) is 0.364. The van der Waals surface area contributed by atoms with Gasteiger partial charge in [0.2, 0.25) is 0 Å². The third-order valence-electron chi connectivity index (χ3n) is 2.52. The highest BCUT2D eigenvalue weighted by molar-refractivity contribution is 7.99. The average molecular weight is 224 g/mol. The van der Waals surface area contributed by atoms with Crippen molar-refractivity contribution in [2.45, 2.75) is 11.3 Å². The van der Waals surface area contributed by atoms with E-state index in [0.29, 0.717) is 12.2 Å². The molecule has 0 radical (unpaired) electrons. The van der Waals surface area contributed by atoms with Gasteiger partial charge in [-0.05, 0) is 18.1 Å². The molecule has 1 aromatic rings. The van der Waals surface area contributed by atoms with Crippen molar-refractivity contribution in [3.8, 4) is 5.75 Å². The summed E-state index contributed by atoms with van der Waals surface area (Å²) >= 11 is 1.57. The van der Waals surface area contributed by atoms with Crippen LogP contribution in [0.3, 0.4) is 0 Å². The maximum Gasteiger partial charge on any atom is 0.307 e. The van der Waals surface area contributed by atoms with E-state index < -0.39 is 5.97 Å². The lowest BCUT2D eigenvalue weighted by atomic mass is 10.0. The number of methoxy groups -OCH3 is 1. The number of rotatable bonds is 2. The minimum Gasteiger partial charge on any atom is -0.496 e. The molecule has 0 aromatic heterocycles. The Hall–Kier alpha value is -1.16. The maximum absolute atomic E-state index is 10.9. The number of ether oxygens (including phenoxy) is 1. The minimum absolute atomic E-state index is 0.269. The first kappa shape index (κ1) is 10.4. The van der Waals surface area contributed by atoms with E-state index in [1.807, 2.05) is 18.2 Å². The molecule has 0 saturated heterocycles. The predicted molar refractivity (Wildman–Crippen MR) is 58.5 cm³/mol. The molecule has 0 fully saturated rings. The highest BCUT2D eigenvalue weighted by Gasteiger charge is 2.26. The van der Waals surface area contributed by atoms with E-state index in [-0.39, 0.29) is 5.92 Å². The molecule has 0 unspecified atom stereocenters. The van der Waals surface area contributed by atoms with E-state index in [1.165, 1.54) is 0 Å². The summed E-state index contributed by atoms with van der Waals surface area (Å²) < 4.78 is 5.24. The van der Waals surface area contributed by atoms with Gasteiger partial charge in [0.15, 0.2) is 0 Å². The van der Waals surface area contributed by atoms with Crippen LogP contribution in [-0.2, 0) is 11.2 Å². The molecule has 0 saturated carbocycles. The molecule has 80 valence electrons. The summed E-state index contributed by atoms with van der Waals surface area (Å²) in [5.74, 6) is 0.495. The van der Waals surface area contributed by atoms with Crippen molar-refractivity contribution in [2.24, 2.45) is 5.92 Å². The summed E-state index contributed by atoms with van der Waals surface area (Å²) in [5, 5.41) is 8.95. The Labute approximate surface area is 92.4 Å². The molecule has 4 heteroatoms. The first-order chi connectivity index (χ1) is 7.22. The molecular weight excluding hydrogens is 212 g/mol. The van der Waals surface area contributed by atoms with Gasteiger partial charge in [0.25, 0.3) is 0 Å². The quantitative estimate of drug-likeness (QED) is 0.835. The van der Waals surface area contributed by atoms with Crippen LogP contribution < -0.4 is 4.74 Å². The van der Waals surface area contributed by atoms with E-state index in [2.05, 4.69) is 0 Å². The van der Waals surface area contributed by atoms with Gasteiger partial charge < -0.3 is 9.84 Å². The van der Waals surface area contributed by atoms with Crippen molar-refractivity contribution < 1.29 is 14.6 Å². The Balaban J connectivity index is 2.31. The topological polar surface area (TPSA) is 46.5 Å². The lowest BCUT2D eigenvalue weighted by Crippen LogP contribution is -2.22. The Morgan fingerprint density at radius 3 is 3.07 bits per heavy atom. The first-order valence-electron chi connectivity index (χ1n) is 4.74. The molecule has 1 aromatic carbocycles. The fourth-order valence-electron chi connectivity index (χ4n) is 1.71. The van der Waals surface area contributed by atoms with Crippen molar-refractivity contribution in [2.75, 3.05) is 12.9 Å². The zero-order valence-electron chi connectivity index (χ0n) is 8.40. The van der Waals surface area contributed by atoms with E-state index >= 15 is 0 Å². The molecule has 3 nitrogen and oxygen atoms in total. The van der Waals surface area contributed by atoms with E-state index in [0.717, 1.165) is 16.2 Å². The van der Waals surface area contributed by atoms with Gasteiger partial charge in [0.05, 0.1) is 17.9 Å². The van der Waals surface area contributed by atoms with Crippen molar-refractivity contribution in [1.82, 2.24) is 0 Å². The SMILES string of the molecule is COc1cccc2c1SC[C@H](C(=O)O)C2. The van der Waals surface area contributed by atoms with E-state index in [1.54, 1.807) is 18.9 Å². The number of carbonyl (C=O) groups is 1.